The van der Waals surface area contributed by atoms with Crippen LogP contribution in [0.2, 0.25) is 0 Å². The van der Waals surface area contributed by atoms with Gasteiger partial charge < -0.3 is 9.47 Å². The van der Waals surface area contributed by atoms with Crippen molar-refractivity contribution in [3.8, 4) is 5.75 Å². The van der Waals surface area contributed by atoms with Crippen LogP contribution in [0.5, 0.6) is 5.75 Å². The molecule has 0 saturated carbocycles. The van der Waals surface area contributed by atoms with Gasteiger partial charge in [0.2, 0.25) is 0 Å². The molecule has 0 aromatic heterocycles. The zero-order valence-corrected chi connectivity index (χ0v) is 16.7. The van der Waals surface area contributed by atoms with Crippen molar-refractivity contribution in [2.24, 2.45) is 0 Å². The van der Waals surface area contributed by atoms with E-state index in [1.807, 2.05) is 37.3 Å². The number of thiocarbonyl (C=S) groups is 1. The molecular formula is C19H23NO4S2. The number of esters is 1. The molecule has 1 fully saturated rings. The van der Waals surface area contributed by atoms with E-state index in [1.54, 1.807) is 4.90 Å². The average Bonchev–Trinajstić information content (AvgIpc) is 2.89. The fraction of sp³-hybridized carbons (Fsp3) is 0.421. The monoisotopic (exact) mass is 393 g/mol. The van der Waals surface area contributed by atoms with Gasteiger partial charge in [0.15, 0.2) is 0 Å². The van der Waals surface area contributed by atoms with E-state index in [0.29, 0.717) is 28.8 Å². The van der Waals surface area contributed by atoms with Gasteiger partial charge in [0.25, 0.3) is 5.91 Å². The number of ether oxygens (including phenoxy) is 2. The highest BCUT2D eigenvalue weighted by Gasteiger charge is 2.31. The number of nitrogens with zero attached hydrogens (tertiary/aromatic N) is 1. The molecule has 1 aromatic rings. The van der Waals surface area contributed by atoms with E-state index in [2.05, 4.69) is 4.74 Å². The highest BCUT2D eigenvalue weighted by atomic mass is 32.2. The Morgan fingerprint density at radius 2 is 2.12 bits per heavy atom. The lowest BCUT2D eigenvalue weighted by Crippen LogP contribution is -2.29. The molecule has 2 rings (SSSR count). The number of amides is 1. The van der Waals surface area contributed by atoms with Gasteiger partial charge in [-0.25, -0.2) is 0 Å². The van der Waals surface area contributed by atoms with Crippen molar-refractivity contribution in [3.63, 3.8) is 0 Å². The second-order valence-electron chi connectivity index (χ2n) is 5.73. The largest absolute Gasteiger partial charge is 0.494 e. The van der Waals surface area contributed by atoms with Crippen LogP contribution >= 0.6 is 24.0 Å². The molecule has 1 aliphatic heterocycles. The van der Waals surface area contributed by atoms with Crippen molar-refractivity contribution in [2.75, 3.05) is 20.3 Å². The zero-order chi connectivity index (χ0) is 18.9. The van der Waals surface area contributed by atoms with Crippen LogP contribution in [0.25, 0.3) is 6.08 Å². The van der Waals surface area contributed by atoms with Gasteiger partial charge in [0, 0.05) is 13.0 Å². The minimum Gasteiger partial charge on any atom is -0.494 e. The summed E-state index contributed by atoms with van der Waals surface area (Å²) in [7, 11) is 1.39. The van der Waals surface area contributed by atoms with Crippen molar-refractivity contribution < 1.29 is 19.1 Å². The van der Waals surface area contributed by atoms with Crippen LogP contribution in [-0.4, -0.2) is 41.4 Å². The molecule has 1 aromatic carbocycles. The van der Waals surface area contributed by atoms with E-state index in [0.717, 1.165) is 30.6 Å². The van der Waals surface area contributed by atoms with E-state index in [1.165, 1.54) is 18.9 Å². The Hall–Kier alpha value is -1.86. The summed E-state index contributed by atoms with van der Waals surface area (Å²) in [4.78, 5) is 25.9. The summed E-state index contributed by atoms with van der Waals surface area (Å²) in [6, 6.07) is 7.63. The number of carbonyl (C=O) groups excluding carboxylic acids is 2. The second kappa shape index (κ2) is 10.3. The molecule has 0 radical (unpaired) electrons. The first kappa shape index (κ1) is 20.5. The van der Waals surface area contributed by atoms with Crippen LogP contribution in [0, 0.1) is 0 Å². The number of unbranched alkanes of at least 4 members (excludes halogenated alkanes) is 2. The molecule has 26 heavy (non-hydrogen) atoms. The Morgan fingerprint density at radius 3 is 2.85 bits per heavy atom. The Labute approximate surface area is 163 Å². The molecule has 0 aliphatic carbocycles. The molecular weight excluding hydrogens is 370 g/mol. The molecule has 0 atom stereocenters. The summed E-state index contributed by atoms with van der Waals surface area (Å²) < 4.78 is 10.7. The molecule has 5 nitrogen and oxygen atoms in total. The molecule has 1 amide bonds. The maximum atomic E-state index is 12.6. The van der Waals surface area contributed by atoms with Crippen molar-refractivity contribution in [2.45, 2.75) is 32.6 Å². The number of hydrogen-bond acceptors (Lipinski definition) is 6. The maximum absolute atomic E-state index is 12.6. The third-order valence-corrected chi connectivity index (χ3v) is 5.21. The quantitative estimate of drug-likeness (QED) is 0.273. The van der Waals surface area contributed by atoms with E-state index in [-0.39, 0.29) is 11.9 Å². The minimum atomic E-state index is -0.201. The predicted octanol–water partition coefficient (Wildman–Crippen LogP) is 4.02. The molecule has 1 saturated heterocycles. The Kier molecular flexibility index (Phi) is 8.12. The van der Waals surface area contributed by atoms with Crippen LogP contribution < -0.4 is 4.74 Å². The number of hydrogen-bond donors (Lipinski definition) is 0. The molecule has 7 heteroatoms. The van der Waals surface area contributed by atoms with Crippen molar-refractivity contribution in [1.82, 2.24) is 4.90 Å². The normalized spacial score (nSPS) is 15.6. The zero-order valence-electron chi connectivity index (χ0n) is 15.0. The van der Waals surface area contributed by atoms with Gasteiger partial charge in [-0.2, -0.15) is 0 Å². The first-order valence-corrected chi connectivity index (χ1v) is 9.82. The summed E-state index contributed by atoms with van der Waals surface area (Å²) in [5.41, 5.74) is 0.912. The second-order valence-corrected chi connectivity index (χ2v) is 7.40. The van der Waals surface area contributed by atoms with Crippen molar-refractivity contribution in [3.05, 3.63) is 34.7 Å². The van der Waals surface area contributed by atoms with Gasteiger partial charge in [-0.1, -0.05) is 42.5 Å². The highest BCUT2D eigenvalue weighted by molar-refractivity contribution is 8.26. The number of rotatable bonds is 9. The van der Waals surface area contributed by atoms with Gasteiger partial charge in [0.05, 0.1) is 18.6 Å². The molecule has 1 heterocycles. The van der Waals surface area contributed by atoms with Gasteiger partial charge in [0.1, 0.15) is 10.1 Å². The molecule has 1 aliphatic rings. The fourth-order valence-corrected chi connectivity index (χ4v) is 3.83. The summed E-state index contributed by atoms with van der Waals surface area (Å²) in [6.45, 7) is 3.10. The van der Waals surface area contributed by atoms with E-state index < -0.39 is 0 Å². The third-order valence-electron chi connectivity index (χ3n) is 3.83. The smallest absolute Gasteiger partial charge is 0.305 e. The minimum absolute atomic E-state index is 0.0604. The number of thioether (sulfide) groups is 1. The highest BCUT2D eigenvalue weighted by Crippen LogP contribution is 2.33. The standard InChI is InChI=1S/C19H23NO4S2/c1-3-24-15-9-7-8-14(12-15)13-16-18(22)20(19(25)26-16)11-6-4-5-10-17(21)23-2/h7-9,12-13H,3-6,10-11H2,1-2H3/b16-13+. The first-order chi connectivity index (χ1) is 12.5. The molecule has 0 unspecified atom stereocenters. The summed E-state index contributed by atoms with van der Waals surface area (Å²) in [6.07, 6.45) is 4.66. The van der Waals surface area contributed by atoms with Gasteiger partial charge in [-0.05, 0) is 43.5 Å². The Bertz CT molecular complexity index is 703. The Morgan fingerprint density at radius 1 is 1.31 bits per heavy atom. The van der Waals surface area contributed by atoms with Crippen molar-refractivity contribution >= 4 is 46.3 Å². The molecule has 0 spiro atoms. The molecule has 0 N–H and O–H groups in total. The summed E-state index contributed by atoms with van der Waals surface area (Å²) in [5.74, 6) is 0.518. The van der Waals surface area contributed by atoms with E-state index >= 15 is 0 Å². The van der Waals surface area contributed by atoms with Gasteiger partial charge in [-0.15, -0.1) is 0 Å². The van der Waals surface area contributed by atoms with Crippen LogP contribution in [0.4, 0.5) is 0 Å². The van der Waals surface area contributed by atoms with Gasteiger partial charge >= 0.3 is 5.97 Å². The number of benzene rings is 1. The van der Waals surface area contributed by atoms with Crippen LogP contribution in [0.3, 0.4) is 0 Å². The topological polar surface area (TPSA) is 55.8 Å². The predicted molar refractivity (Wildman–Crippen MR) is 108 cm³/mol. The fourth-order valence-electron chi connectivity index (χ4n) is 2.52. The van der Waals surface area contributed by atoms with E-state index in [9.17, 15) is 9.59 Å². The lowest BCUT2D eigenvalue weighted by Gasteiger charge is -2.13. The average molecular weight is 394 g/mol. The lowest BCUT2D eigenvalue weighted by molar-refractivity contribution is -0.140. The van der Waals surface area contributed by atoms with Crippen LogP contribution in [0.1, 0.15) is 38.2 Å². The van der Waals surface area contributed by atoms with Gasteiger partial charge in [-0.3, -0.25) is 14.5 Å². The molecule has 0 bridgehead atoms. The third kappa shape index (κ3) is 5.85. The summed E-state index contributed by atoms with van der Waals surface area (Å²) >= 11 is 6.67. The first-order valence-electron chi connectivity index (χ1n) is 8.60. The lowest BCUT2D eigenvalue weighted by atomic mass is 10.2. The SMILES string of the molecule is CCOc1cccc(/C=C2/SC(=S)N(CCCCCC(=O)OC)C2=O)c1. The van der Waals surface area contributed by atoms with E-state index in [4.69, 9.17) is 17.0 Å². The summed E-state index contributed by atoms with van der Waals surface area (Å²) in [5, 5.41) is 0. The maximum Gasteiger partial charge on any atom is 0.305 e. The number of methoxy groups -OCH3 is 1. The molecule has 140 valence electrons. The number of carbonyl (C=O) groups is 2. The van der Waals surface area contributed by atoms with Crippen LogP contribution in [0.15, 0.2) is 29.2 Å². The van der Waals surface area contributed by atoms with Crippen molar-refractivity contribution in [1.29, 1.82) is 0 Å². The Balaban J connectivity index is 1.91. The van der Waals surface area contributed by atoms with Crippen LogP contribution in [-0.2, 0) is 14.3 Å².